The van der Waals surface area contributed by atoms with Crippen molar-refractivity contribution in [2.45, 2.75) is 31.2 Å². The fourth-order valence-electron chi connectivity index (χ4n) is 2.99. The Morgan fingerprint density at radius 2 is 1.88 bits per heavy atom. The number of hydrogen-bond acceptors (Lipinski definition) is 3. The van der Waals surface area contributed by atoms with Crippen LogP contribution in [0.2, 0.25) is 0 Å². The monoisotopic (exact) mass is 348 g/mol. The highest BCUT2D eigenvalue weighted by Gasteiger charge is 2.30. The molecular weight excluding hydrogens is 331 g/mol. The summed E-state index contributed by atoms with van der Waals surface area (Å²) in [5.41, 5.74) is 1.85. The molecule has 1 atom stereocenters. The maximum Gasteiger partial charge on any atom is 0.261 e. The van der Waals surface area contributed by atoms with Gasteiger partial charge >= 0.3 is 0 Å². The number of rotatable bonds is 3. The number of benzene rings is 2. The molecule has 2 aromatic rings. The lowest BCUT2D eigenvalue weighted by atomic mass is 10.1. The maximum atomic E-state index is 12.9. The Hall–Kier alpha value is -2.41. The van der Waals surface area contributed by atoms with Crippen molar-refractivity contribution in [1.82, 2.24) is 0 Å². The third-order valence-corrected chi connectivity index (χ3v) is 5.39. The number of hydrogen-bond donors (Lipinski definition) is 1. The first-order valence-electron chi connectivity index (χ1n) is 7.49. The fourth-order valence-corrected chi connectivity index (χ4v) is 4.10. The molecule has 0 fully saturated rings. The van der Waals surface area contributed by atoms with E-state index in [9.17, 15) is 17.6 Å². The van der Waals surface area contributed by atoms with Crippen LogP contribution in [0.4, 0.5) is 15.8 Å². The van der Waals surface area contributed by atoms with E-state index in [1.54, 1.807) is 17.0 Å². The van der Waals surface area contributed by atoms with Gasteiger partial charge < -0.3 is 4.90 Å². The third kappa shape index (κ3) is 2.99. The molecule has 0 unspecified atom stereocenters. The predicted molar refractivity (Wildman–Crippen MR) is 90.0 cm³/mol. The molecule has 1 N–H and O–H groups in total. The van der Waals surface area contributed by atoms with E-state index >= 15 is 0 Å². The summed E-state index contributed by atoms with van der Waals surface area (Å²) in [6, 6.07) is 9.80. The number of halogens is 1. The molecule has 7 heteroatoms. The van der Waals surface area contributed by atoms with Crippen LogP contribution in [-0.4, -0.2) is 20.4 Å². The number of amides is 1. The summed E-state index contributed by atoms with van der Waals surface area (Å²) in [5.74, 6) is -0.505. The predicted octanol–water partition coefficient (Wildman–Crippen LogP) is 2.92. The number of nitrogens with one attached hydrogen (secondary N) is 1. The van der Waals surface area contributed by atoms with Crippen molar-refractivity contribution in [3.8, 4) is 0 Å². The maximum absolute atomic E-state index is 12.9. The first-order valence-corrected chi connectivity index (χ1v) is 8.97. The molecule has 2 aromatic carbocycles. The van der Waals surface area contributed by atoms with E-state index in [0.29, 0.717) is 6.42 Å². The lowest BCUT2D eigenvalue weighted by molar-refractivity contribution is -0.116. The average Bonchev–Trinajstić information content (AvgIpc) is 2.84. The van der Waals surface area contributed by atoms with Crippen LogP contribution in [0.1, 0.15) is 19.4 Å². The van der Waals surface area contributed by atoms with Crippen LogP contribution >= 0.6 is 0 Å². The van der Waals surface area contributed by atoms with Gasteiger partial charge in [0.2, 0.25) is 5.91 Å². The van der Waals surface area contributed by atoms with Gasteiger partial charge in [-0.1, -0.05) is 0 Å². The molecule has 0 spiro atoms. The average molecular weight is 348 g/mol. The highest BCUT2D eigenvalue weighted by molar-refractivity contribution is 7.92. The van der Waals surface area contributed by atoms with Gasteiger partial charge in [-0.2, -0.15) is 0 Å². The minimum absolute atomic E-state index is 0.000474. The standard InChI is InChI=1S/C17H17FN2O3S/c1-11-9-13-10-16(7-8-17(13)20(11)12(2)21)24(22,23)19-15-5-3-14(18)4-6-15/h3-8,10-11,19H,9H2,1-2H3/t11-/m1/s1. The molecular formula is C17H17FN2O3S. The molecule has 0 saturated heterocycles. The summed E-state index contributed by atoms with van der Waals surface area (Å²) >= 11 is 0. The summed E-state index contributed by atoms with van der Waals surface area (Å²) in [6.45, 7) is 3.42. The van der Waals surface area contributed by atoms with Gasteiger partial charge in [-0.15, -0.1) is 0 Å². The highest BCUT2D eigenvalue weighted by Crippen LogP contribution is 2.34. The molecule has 0 bridgehead atoms. The van der Waals surface area contributed by atoms with Gasteiger partial charge in [0.1, 0.15) is 5.82 Å². The Bertz CT molecular complexity index is 895. The van der Waals surface area contributed by atoms with Crippen molar-refractivity contribution < 1.29 is 17.6 Å². The van der Waals surface area contributed by atoms with Crippen molar-refractivity contribution in [1.29, 1.82) is 0 Å². The van der Waals surface area contributed by atoms with Gasteiger partial charge in [0.05, 0.1) is 4.90 Å². The molecule has 0 aromatic heterocycles. The first-order chi connectivity index (χ1) is 11.3. The van der Waals surface area contributed by atoms with Crippen molar-refractivity contribution in [2.75, 3.05) is 9.62 Å². The van der Waals surface area contributed by atoms with E-state index in [1.165, 1.54) is 37.3 Å². The van der Waals surface area contributed by atoms with E-state index in [1.807, 2.05) is 6.92 Å². The fraction of sp³-hybridized carbons (Fsp3) is 0.235. The van der Waals surface area contributed by atoms with Gasteiger partial charge in [-0.25, -0.2) is 12.8 Å². The van der Waals surface area contributed by atoms with Crippen molar-refractivity contribution >= 4 is 27.3 Å². The minimum atomic E-state index is -3.78. The van der Waals surface area contributed by atoms with Crippen LogP contribution in [0.15, 0.2) is 47.4 Å². The summed E-state index contributed by atoms with van der Waals surface area (Å²) in [7, 11) is -3.78. The van der Waals surface area contributed by atoms with Crippen molar-refractivity contribution in [2.24, 2.45) is 0 Å². The second-order valence-electron chi connectivity index (χ2n) is 5.85. The molecule has 1 aliphatic rings. The zero-order valence-electron chi connectivity index (χ0n) is 13.3. The van der Waals surface area contributed by atoms with Crippen LogP contribution in [0.5, 0.6) is 0 Å². The van der Waals surface area contributed by atoms with Gasteiger partial charge in [0.15, 0.2) is 0 Å². The number of carbonyl (C=O) groups excluding carboxylic acids is 1. The molecule has 0 aliphatic carbocycles. The first kappa shape index (κ1) is 16.4. The molecule has 24 heavy (non-hydrogen) atoms. The number of carbonyl (C=O) groups is 1. The Morgan fingerprint density at radius 3 is 2.50 bits per heavy atom. The lowest BCUT2D eigenvalue weighted by Gasteiger charge is -2.20. The topological polar surface area (TPSA) is 66.5 Å². The Kier molecular flexibility index (Phi) is 4.04. The zero-order valence-corrected chi connectivity index (χ0v) is 14.1. The molecule has 0 radical (unpaired) electrons. The number of sulfonamides is 1. The second-order valence-corrected chi connectivity index (χ2v) is 7.53. The van der Waals surface area contributed by atoms with Crippen LogP contribution in [-0.2, 0) is 21.2 Å². The lowest BCUT2D eigenvalue weighted by Crippen LogP contribution is -2.33. The molecule has 1 aliphatic heterocycles. The third-order valence-electron chi connectivity index (χ3n) is 4.01. The van der Waals surface area contributed by atoms with Crippen molar-refractivity contribution in [3.63, 3.8) is 0 Å². The number of anilines is 2. The molecule has 5 nitrogen and oxygen atoms in total. The van der Waals surface area contributed by atoms with E-state index in [-0.39, 0.29) is 22.5 Å². The van der Waals surface area contributed by atoms with E-state index < -0.39 is 15.8 Å². The molecule has 1 amide bonds. The number of nitrogens with zero attached hydrogens (tertiary/aromatic N) is 1. The zero-order chi connectivity index (χ0) is 17.5. The van der Waals surface area contributed by atoms with Crippen LogP contribution in [0.25, 0.3) is 0 Å². The quantitative estimate of drug-likeness (QED) is 0.927. The summed E-state index contributed by atoms with van der Waals surface area (Å²) in [4.78, 5) is 13.5. The minimum Gasteiger partial charge on any atom is -0.309 e. The van der Waals surface area contributed by atoms with E-state index in [4.69, 9.17) is 0 Å². The Labute approximate surface area is 140 Å². The smallest absolute Gasteiger partial charge is 0.261 e. The van der Waals surface area contributed by atoms with Gasteiger partial charge in [-0.05, 0) is 61.4 Å². The molecule has 126 valence electrons. The highest BCUT2D eigenvalue weighted by atomic mass is 32.2. The van der Waals surface area contributed by atoms with E-state index in [0.717, 1.165) is 11.3 Å². The number of fused-ring (bicyclic) bond motifs is 1. The van der Waals surface area contributed by atoms with Crippen LogP contribution in [0.3, 0.4) is 0 Å². The van der Waals surface area contributed by atoms with Crippen LogP contribution < -0.4 is 9.62 Å². The van der Waals surface area contributed by atoms with Crippen molar-refractivity contribution in [3.05, 3.63) is 53.8 Å². The normalized spacial score (nSPS) is 16.8. The van der Waals surface area contributed by atoms with Gasteiger partial charge in [0, 0.05) is 24.3 Å². The van der Waals surface area contributed by atoms with Gasteiger partial charge in [0.25, 0.3) is 10.0 Å². The Balaban J connectivity index is 1.92. The SMILES string of the molecule is CC(=O)N1c2ccc(S(=O)(=O)Nc3ccc(F)cc3)cc2C[C@H]1C. The molecule has 3 rings (SSSR count). The summed E-state index contributed by atoms with van der Waals surface area (Å²) in [6.07, 6.45) is 0.606. The summed E-state index contributed by atoms with van der Waals surface area (Å²) < 4.78 is 40.3. The summed E-state index contributed by atoms with van der Waals surface area (Å²) in [5, 5.41) is 0. The van der Waals surface area contributed by atoms with Crippen LogP contribution in [0, 0.1) is 5.82 Å². The van der Waals surface area contributed by atoms with E-state index in [2.05, 4.69) is 4.72 Å². The molecule has 1 heterocycles. The molecule has 0 saturated carbocycles. The van der Waals surface area contributed by atoms with Gasteiger partial charge in [-0.3, -0.25) is 9.52 Å². The second kappa shape index (κ2) is 5.90. The largest absolute Gasteiger partial charge is 0.309 e. The Morgan fingerprint density at radius 1 is 1.21 bits per heavy atom.